The van der Waals surface area contributed by atoms with E-state index in [-0.39, 0.29) is 31.1 Å². The lowest BCUT2D eigenvalue weighted by atomic mass is 10.1. The molecule has 6 nitrogen and oxygen atoms in total. The Kier molecular flexibility index (Phi) is 7.74. The van der Waals surface area contributed by atoms with Crippen LogP contribution in [0, 0.1) is 0 Å². The molecule has 0 aromatic heterocycles. The van der Waals surface area contributed by atoms with Crippen LogP contribution < -0.4 is 11.1 Å². The van der Waals surface area contributed by atoms with Gasteiger partial charge >= 0.3 is 12.1 Å². The van der Waals surface area contributed by atoms with Crippen LogP contribution in [0.4, 0.5) is 4.79 Å². The monoisotopic (exact) mass is 350 g/mol. The number of aromatic hydroxyl groups is 1. The van der Waals surface area contributed by atoms with E-state index in [9.17, 15) is 14.7 Å². The summed E-state index contributed by atoms with van der Waals surface area (Å²) in [7, 11) is 0. The molecule has 1 atom stereocenters. The number of hydrogen-bond donors (Lipinski definition) is 3. The maximum Gasteiger partial charge on any atom is 0.415 e. The Morgan fingerprint density at radius 3 is 2.38 bits per heavy atom. The number of rotatable bonds is 5. The molecule has 7 heteroatoms. The van der Waals surface area contributed by atoms with Crippen LogP contribution in [-0.2, 0) is 22.5 Å². The van der Waals surface area contributed by atoms with Crippen molar-refractivity contribution in [1.82, 2.24) is 5.32 Å². The normalized spacial score (nSPS) is 11.0. The van der Waals surface area contributed by atoms with E-state index in [1.165, 1.54) is 6.07 Å². The molecule has 128 valence electrons. The number of phenolic OH excluding ortho intramolecular Hbond substituents is 1. The maximum absolute atomic E-state index is 11.8. The maximum atomic E-state index is 11.8. The lowest BCUT2D eigenvalue weighted by Crippen LogP contribution is -2.38. The summed E-state index contributed by atoms with van der Waals surface area (Å²) in [5, 5.41) is 12.1. The second-order valence-electron chi connectivity index (χ2n) is 4.99. The molecule has 0 saturated carbocycles. The first-order chi connectivity index (χ1) is 11.1. The van der Waals surface area contributed by atoms with Gasteiger partial charge in [0.2, 0.25) is 0 Å². The van der Waals surface area contributed by atoms with Gasteiger partial charge in [0, 0.05) is 13.0 Å². The number of nitrogens with one attached hydrogen (secondary N) is 1. The van der Waals surface area contributed by atoms with Gasteiger partial charge in [-0.3, -0.25) is 0 Å². The van der Waals surface area contributed by atoms with Gasteiger partial charge in [-0.15, -0.1) is 12.4 Å². The average molecular weight is 351 g/mol. The van der Waals surface area contributed by atoms with E-state index in [4.69, 9.17) is 5.73 Å². The molecule has 2 aromatic carbocycles. The molecule has 0 saturated heterocycles. The summed E-state index contributed by atoms with van der Waals surface area (Å²) in [6.07, 6.45) is -0.774. The van der Waals surface area contributed by atoms with Crippen molar-refractivity contribution in [2.75, 3.05) is 0 Å². The molecule has 0 fully saturated rings. The largest absolute Gasteiger partial charge is 0.508 e. The summed E-state index contributed by atoms with van der Waals surface area (Å²) in [4.78, 5) is 23.4. The van der Waals surface area contributed by atoms with Crippen LogP contribution in [0.1, 0.15) is 11.1 Å². The van der Waals surface area contributed by atoms with E-state index in [2.05, 4.69) is 10.1 Å². The Morgan fingerprint density at radius 1 is 1.08 bits per heavy atom. The van der Waals surface area contributed by atoms with E-state index < -0.39 is 18.1 Å². The molecule has 0 aliphatic heterocycles. The second-order valence-corrected chi connectivity index (χ2v) is 4.99. The third kappa shape index (κ3) is 5.91. The van der Waals surface area contributed by atoms with Crippen LogP contribution >= 0.6 is 12.4 Å². The number of para-hydroxylation sites is 1. The molecule has 0 spiro atoms. The fraction of sp³-hybridized carbons (Fsp3) is 0.176. The summed E-state index contributed by atoms with van der Waals surface area (Å²) in [6, 6.07) is 14.7. The van der Waals surface area contributed by atoms with Crippen LogP contribution in [0.15, 0.2) is 54.6 Å². The van der Waals surface area contributed by atoms with Crippen LogP contribution in [-0.4, -0.2) is 23.2 Å². The van der Waals surface area contributed by atoms with Crippen LogP contribution in [0.3, 0.4) is 0 Å². The highest BCUT2D eigenvalue weighted by Crippen LogP contribution is 2.17. The van der Waals surface area contributed by atoms with Gasteiger partial charge < -0.3 is 20.9 Å². The average Bonchev–Trinajstić information content (AvgIpc) is 2.56. The van der Waals surface area contributed by atoms with Crippen LogP contribution in [0.5, 0.6) is 5.75 Å². The predicted molar refractivity (Wildman–Crippen MR) is 91.8 cm³/mol. The molecule has 0 aliphatic rings. The molecule has 0 radical (unpaired) electrons. The van der Waals surface area contributed by atoms with E-state index in [1.54, 1.807) is 18.2 Å². The minimum absolute atomic E-state index is 0. The van der Waals surface area contributed by atoms with Gasteiger partial charge in [-0.1, -0.05) is 48.5 Å². The Labute approximate surface area is 146 Å². The van der Waals surface area contributed by atoms with Gasteiger partial charge in [0.15, 0.2) is 0 Å². The molecule has 0 heterocycles. The summed E-state index contributed by atoms with van der Waals surface area (Å²) in [6.45, 7) is 0.252. The molecule has 0 bridgehead atoms. The number of benzene rings is 2. The minimum Gasteiger partial charge on any atom is -0.508 e. The number of alkyl carbamates (subject to hydrolysis) is 1. The zero-order valence-electron chi connectivity index (χ0n) is 12.8. The molecular weight excluding hydrogens is 332 g/mol. The van der Waals surface area contributed by atoms with Gasteiger partial charge in [0.25, 0.3) is 0 Å². The Balaban J connectivity index is 0.00000288. The van der Waals surface area contributed by atoms with E-state index in [0.717, 1.165) is 5.56 Å². The number of esters is 1. The van der Waals surface area contributed by atoms with E-state index in [0.29, 0.717) is 5.56 Å². The SMILES string of the molecule is Cl.NC(Cc1ccccc1O)C(=O)OC(=O)NCc1ccccc1. The van der Waals surface area contributed by atoms with Crippen molar-refractivity contribution in [3.05, 3.63) is 65.7 Å². The lowest BCUT2D eigenvalue weighted by molar-refractivity contribution is -0.138. The minimum atomic E-state index is -1.04. The summed E-state index contributed by atoms with van der Waals surface area (Å²) >= 11 is 0. The highest BCUT2D eigenvalue weighted by Gasteiger charge is 2.20. The number of carbonyl (C=O) groups excluding carboxylic acids is 2. The van der Waals surface area contributed by atoms with Crippen molar-refractivity contribution in [3.8, 4) is 5.75 Å². The smallest absolute Gasteiger partial charge is 0.415 e. The van der Waals surface area contributed by atoms with Gasteiger partial charge in [-0.2, -0.15) is 0 Å². The van der Waals surface area contributed by atoms with Crippen molar-refractivity contribution in [2.45, 2.75) is 19.0 Å². The topological polar surface area (TPSA) is 102 Å². The molecule has 1 amide bonds. The highest BCUT2D eigenvalue weighted by atomic mass is 35.5. The van der Waals surface area contributed by atoms with Crippen molar-refractivity contribution < 1.29 is 19.4 Å². The Morgan fingerprint density at radius 2 is 1.71 bits per heavy atom. The second kappa shape index (κ2) is 9.54. The zero-order chi connectivity index (χ0) is 16.7. The standard InChI is InChI=1S/C17H18N2O4.ClH/c18-14(10-13-8-4-5-9-15(13)20)16(21)23-17(22)19-11-12-6-2-1-3-7-12;/h1-9,14,20H,10-11,18H2,(H,19,22);1H. The molecule has 2 aromatic rings. The van der Waals surface area contributed by atoms with Gasteiger partial charge in [-0.25, -0.2) is 9.59 Å². The first-order valence-corrected chi connectivity index (χ1v) is 7.12. The molecule has 0 aliphatic carbocycles. The molecular formula is C17H19ClN2O4. The highest BCUT2D eigenvalue weighted by molar-refractivity contribution is 5.87. The number of hydrogen-bond acceptors (Lipinski definition) is 5. The molecule has 1 unspecified atom stereocenters. The molecule has 24 heavy (non-hydrogen) atoms. The third-order valence-electron chi connectivity index (χ3n) is 3.21. The summed E-state index contributed by atoms with van der Waals surface area (Å²) < 4.78 is 4.65. The zero-order valence-corrected chi connectivity index (χ0v) is 13.7. The van der Waals surface area contributed by atoms with E-state index in [1.807, 2.05) is 30.3 Å². The van der Waals surface area contributed by atoms with Gasteiger partial charge in [0.05, 0.1) is 0 Å². The number of ether oxygens (including phenoxy) is 1. The first-order valence-electron chi connectivity index (χ1n) is 7.12. The number of halogens is 1. The summed E-state index contributed by atoms with van der Waals surface area (Å²) in [5.41, 5.74) is 7.11. The van der Waals surface area contributed by atoms with Crippen molar-refractivity contribution in [1.29, 1.82) is 0 Å². The van der Waals surface area contributed by atoms with Crippen molar-refractivity contribution in [2.24, 2.45) is 5.73 Å². The third-order valence-corrected chi connectivity index (χ3v) is 3.21. The van der Waals surface area contributed by atoms with Gasteiger partial charge in [0.1, 0.15) is 11.8 Å². The predicted octanol–water partition coefficient (Wildman–Crippen LogP) is 2.14. The van der Waals surface area contributed by atoms with Gasteiger partial charge in [-0.05, 0) is 17.2 Å². The number of phenols is 1. The molecule has 2 rings (SSSR count). The number of carbonyl (C=O) groups is 2. The Hall–Kier alpha value is -2.57. The van der Waals surface area contributed by atoms with Crippen LogP contribution in [0.2, 0.25) is 0 Å². The fourth-order valence-electron chi connectivity index (χ4n) is 1.98. The summed E-state index contributed by atoms with van der Waals surface area (Å²) in [5.74, 6) is -0.803. The number of nitrogens with two attached hydrogens (primary N) is 1. The first kappa shape index (κ1) is 19.5. The quantitative estimate of drug-likeness (QED) is 0.566. The molecule has 4 N–H and O–H groups in total. The number of amides is 1. The lowest BCUT2D eigenvalue weighted by Gasteiger charge is -2.12. The van der Waals surface area contributed by atoms with Crippen molar-refractivity contribution in [3.63, 3.8) is 0 Å². The Bertz CT molecular complexity index is 679. The fourth-order valence-corrected chi connectivity index (χ4v) is 1.98. The van der Waals surface area contributed by atoms with Crippen molar-refractivity contribution >= 4 is 24.5 Å². The van der Waals surface area contributed by atoms with E-state index >= 15 is 0 Å². The van der Waals surface area contributed by atoms with Crippen LogP contribution in [0.25, 0.3) is 0 Å².